The fourth-order valence-corrected chi connectivity index (χ4v) is 5.05. The Balaban J connectivity index is 1.76. The van der Waals surface area contributed by atoms with Gasteiger partial charge in [-0.3, -0.25) is 4.79 Å². The van der Waals surface area contributed by atoms with Crippen molar-refractivity contribution in [2.75, 3.05) is 0 Å². The molecular weight excluding hydrogens is 188 g/mol. The maximum absolute atomic E-state index is 11.6. The molecule has 3 saturated carbocycles. The molecule has 80 valence electrons. The van der Waals surface area contributed by atoms with Crippen molar-refractivity contribution in [3.63, 3.8) is 0 Å². The van der Waals surface area contributed by atoms with Crippen molar-refractivity contribution in [1.29, 1.82) is 0 Å². The molecule has 2 saturated heterocycles. The Kier molecular flexibility index (Phi) is 1.20. The second-order valence-electron chi connectivity index (χ2n) is 5.64. The van der Waals surface area contributed by atoms with E-state index in [0.717, 1.165) is 24.7 Å². The number of carbonyl (C=O) groups is 1. The fraction of sp³-hybridized carbons (Fsp3) is 0.769. The van der Waals surface area contributed by atoms with Crippen LogP contribution in [0.15, 0.2) is 11.6 Å². The third kappa shape index (κ3) is 0.609. The number of hydrogen-bond acceptors (Lipinski definition) is 2. The van der Waals surface area contributed by atoms with E-state index in [1.807, 2.05) is 0 Å². The highest BCUT2D eigenvalue weighted by molar-refractivity contribution is 5.79. The lowest BCUT2D eigenvalue weighted by molar-refractivity contribution is -0.191. The van der Waals surface area contributed by atoms with E-state index in [-0.39, 0.29) is 18.0 Å². The lowest BCUT2D eigenvalue weighted by Gasteiger charge is -2.50. The summed E-state index contributed by atoms with van der Waals surface area (Å²) < 4.78 is 5.56. The first-order valence-electron chi connectivity index (χ1n) is 6.10. The van der Waals surface area contributed by atoms with Gasteiger partial charge in [0.1, 0.15) is 6.10 Å². The molecule has 2 heteroatoms. The Labute approximate surface area is 89.7 Å². The summed E-state index contributed by atoms with van der Waals surface area (Å²) in [5.41, 5.74) is 1.83. The predicted molar refractivity (Wildman–Crippen MR) is 54.9 cm³/mol. The minimum atomic E-state index is 0.0983. The van der Waals surface area contributed by atoms with Crippen LogP contribution in [0.5, 0.6) is 0 Å². The minimum absolute atomic E-state index is 0.0983. The number of hydrogen-bond donors (Lipinski definition) is 0. The maximum atomic E-state index is 11.6. The van der Waals surface area contributed by atoms with Crippen LogP contribution in [0.1, 0.15) is 26.7 Å². The second-order valence-corrected chi connectivity index (χ2v) is 5.64. The number of allylic oxidation sites excluding steroid dienone is 1. The SMILES string of the molecule is CC/C=C(\C)C12C3OC(=O)C4CC3C1C42. The summed E-state index contributed by atoms with van der Waals surface area (Å²) in [5.74, 6) is 2.54. The smallest absolute Gasteiger partial charge is 0.309 e. The van der Waals surface area contributed by atoms with E-state index in [1.54, 1.807) is 0 Å². The van der Waals surface area contributed by atoms with Gasteiger partial charge < -0.3 is 4.74 Å². The van der Waals surface area contributed by atoms with E-state index in [1.165, 1.54) is 5.57 Å². The summed E-state index contributed by atoms with van der Waals surface area (Å²) in [6.45, 7) is 4.42. The van der Waals surface area contributed by atoms with Crippen molar-refractivity contribution in [1.82, 2.24) is 0 Å². The van der Waals surface area contributed by atoms with Gasteiger partial charge in [0, 0.05) is 11.3 Å². The minimum Gasteiger partial charge on any atom is -0.461 e. The third-order valence-electron chi connectivity index (χ3n) is 5.40. The standard InChI is InChI=1S/C13H16O2/c1-3-4-6(2)13-9-7-5-8(10(9)13)12(14)15-11(7)13/h4,7-11H,3,5H2,1-2H3/b6-4+. The number of rotatable bonds is 2. The molecule has 2 aliphatic heterocycles. The van der Waals surface area contributed by atoms with E-state index in [0.29, 0.717) is 11.3 Å². The van der Waals surface area contributed by atoms with E-state index in [9.17, 15) is 4.79 Å². The van der Waals surface area contributed by atoms with Crippen LogP contribution >= 0.6 is 0 Å². The number of fused-ring (bicyclic) bond motifs is 1. The topological polar surface area (TPSA) is 26.3 Å². The number of ether oxygens (including phenoxy) is 1. The van der Waals surface area contributed by atoms with Gasteiger partial charge in [-0.1, -0.05) is 18.6 Å². The second kappa shape index (κ2) is 2.16. The fourth-order valence-electron chi connectivity index (χ4n) is 5.05. The Morgan fingerprint density at radius 3 is 3.07 bits per heavy atom. The molecule has 0 aromatic rings. The third-order valence-corrected chi connectivity index (χ3v) is 5.40. The summed E-state index contributed by atoms with van der Waals surface area (Å²) in [6.07, 6.45) is 4.81. The van der Waals surface area contributed by atoms with Gasteiger partial charge in [-0.2, -0.15) is 0 Å². The molecule has 2 heterocycles. The summed E-state index contributed by atoms with van der Waals surface area (Å²) in [7, 11) is 0. The van der Waals surface area contributed by atoms with Crippen LogP contribution in [0.2, 0.25) is 0 Å². The van der Waals surface area contributed by atoms with Crippen molar-refractivity contribution in [3.05, 3.63) is 11.6 Å². The van der Waals surface area contributed by atoms with E-state index in [2.05, 4.69) is 19.9 Å². The van der Waals surface area contributed by atoms with Crippen LogP contribution in [0.25, 0.3) is 0 Å². The molecule has 2 nitrogen and oxygen atoms in total. The highest BCUT2D eigenvalue weighted by Crippen LogP contribution is 2.88. The molecule has 5 aliphatic rings. The Hall–Kier alpha value is -0.790. The first-order chi connectivity index (χ1) is 7.22. The Morgan fingerprint density at radius 1 is 1.60 bits per heavy atom. The Bertz CT molecular complexity index is 393. The van der Waals surface area contributed by atoms with Gasteiger partial charge in [-0.15, -0.1) is 0 Å². The van der Waals surface area contributed by atoms with Crippen LogP contribution in [0.4, 0.5) is 0 Å². The first kappa shape index (κ1) is 8.37. The lowest BCUT2D eigenvalue weighted by atomic mass is 9.61. The highest BCUT2D eigenvalue weighted by atomic mass is 16.6. The molecule has 3 bridgehead atoms. The molecule has 0 N–H and O–H groups in total. The molecule has 0 aromatic carbocycles. The van der Waals surface area contributed by atoms with Crippen LogP contribution in [0, 0.1) is 29.1 Å². The van der Waals surface area contributed by atoms with Crippen LogP contribution in [0.3, 0.4) is 0 Å². The number of carbonyl (C=O) groups excluding carboxylic acids is 1. The summed E-state index contributed by atoms with van der Waals surface area (Å²) in [4.78, 5) is 11.6. The van der Waals surface area contributed by atoms with Crippen molar-refractivity contribution in [2.45, 2.75) is 32.8 Å². The molecule has 5 fully saturated rings. The van der Waals surface area contributed by atoms with E-state index in [4.69, 9.17) is 4.74 Å². The van der Waals surface area contributed by atoms with Gasteiger partial charge in [0.05, 0.1) is 5.92 Å². The molecule has 0 radical (unpaired) electrons. The van der Waals surface area contributed by atoms with Crippen molar-refractivity contribution in [3.8, 4) is 0 Å². The largest absolute Gasteiger partial charge is 0.461 e. The molecule has 3 aliphatic carbocycles. The van der Waals surface area contributed by atoms with Crippen molar-refractivity contribution >= 4 is 5.97 Å². The van der Waals surface area contributed by atoms with E-state index < -0.39 is 0 Å². The average molecular weight is 204 g/mol. The van der Waals surface area contributed by atoms with Gasteiger partial charge in [0.2, 0.25) is 0 Å². The quantitative estimate of drug-likeness (QED) is 0.509. The normalized spacial score (nSPS) is 58.7. The molecule has 6 atom stereocenters. The molecule has 0 spiro atoms. The zero-order valence-electron chi connectivity index (χ0n) is 9.19. The van der Waals surface area contributed by atoms with E-state index >= 15 is 0 Å². The molecular formula is C13H16O2. The molecule has 0 aromatic heterocycles. The molecule has 0 amide bonds. The summed E-state index contributed by atoms with van der Waals surface area (Å²) in [6, 6.07) is 0. The molecule has 15 heavy (non-hydrogen) atoms. The zero-order valence-corrected chi connectivity index (χ0v) is 9.19. The predicted octanol–water partition coefficient (Wildman–Crippen LogP) is 2.15. The Morgan fingerprint density at radius 2 is 2.40 bits per heavy atom. The monoisotopic (exact) mass is 204 g/mol. The highest BCUT2D eigenvalue weighted by Gasteiger charge is 2.91. The van der Waals surface area contributed by atoms with Crippen LogP contribution < -0.4 is 0 Å². The lowest BCUT2D eigenvalue weighted by Crippen LogP contribution is -2.55. The first-order valence-corrected chi connectivity index (χ1v) is 6.10. The zero-order chi connectivity index (χ0) is 10.4. The van der Waals surface area contributed by atoms with Gasteiger partial charge in [0.25, 0.3) is 0 Å². The van der Waals surface area contributed by atoms with Crippen LogP contribution in [-0.2, 0) is 9.53 Å². The maximum Gasteiger partial charge on any atom is 0.309 e. The van der Waals surface area contributed by atoms with Gasteiger partial charge in [0.15, 0.2) is 0 Å². The summed E-state index contributed by atoms with van der Waals surface area (Å²) in [5, 5.41) is 0. The number of esters is 1. The van der Waals surface area contributed by atoms with Gasteiger partial charge >= 0.3 is 5.97 Å². The van der Waals surface area contributed by atoms with Gasteiger partial charge in [-0.25, -0.2) is 0 Å². The van der Waals surface area contributed by atoms with Crippen LogP contribution in [-0.4, -0.2) is 12.1 Å². The molecule has 6 unspecified atom stereocenters. The average Bonchev–Trinajstić information content (AvgIpc) is 2.73. The molecule has 5 rings (SSSR count). The van der Waals surface area contributed by atoms with Gasteiger partial charge in [-0.05, 0) is 31.6 Å². The van der Waals surface area contributed by atoms with Crippen molar-refractivity contribution in [2.24, 2.45) is 29.1 Å². The summed E-state index contributed by atoms with van der Waals surface area (Å²) >= 11 is 0. The van der Waals surface area contributed by atoms with Crippen molar-refractivity contribution < 1.29 is 9.53 Å².